The lowest BCUT2D eigenvalue weighted by atomic mass is 10.1. The van der Waals surface area contributed by atoms with Crippen LogP contribution in [-0.4, -0.2) is 11.8 Å². The lowest BCUT2D eigenvalue weighted by Gasteiger charge is -2.06. The summed E-state index contributed by atoms with van der Waals surface area (Å²) in [5.74, 6) is -2.92. The Balaban J connectivity index is 1.66. The third kappa shape index (κ3) is 3.89. The van der Waals surface area contributed by atoms with E-state index in [0.29, 0.717) is 16.7 Å². The van der Waals surface area contributed by atoms with Gasteiger partial charge in [-0.1, -0.05) is 11.6 Å². The van der Waals surface area contributed by atoms with Gasteiger partial charge in [0.15, 0.2) is 5.76 Å². The molecular weight excluding hydrogens is 366 g/mol. The lowest BCUT2D eigenvalue weighted by Crippen LogP contribution is -2.41. The minimum absolute atomic E-state index is 0.00986. The average Bonchev–Trinajstić information content (AvgIpc) is 3.10. The minimum atomic E-state index is -0.817. The van der Waals surface area contributed by atoms with Gasteiger partial charge in [0.05, 0.1) is 5.56 Å². The molecule has 2 aromatic carbocycles. The van der Waals surface area contributed by atoms with E-state index in [1.807, 2.05) is 0 Å². The van der Waals surface area contributed by atoms with Gasteiger partial charge in [0.25, 0.3) is 5.91 Å². The Morgan fingerprint density at radius 2 is 1.58 bits per heavy atom. The molecule has 0 radical (unpaired) electrons. The van der Waals surface area contributed by atoms with Gasteiger partial charge in [-0.05, 0) is 48.5 Å². The number of rotatable bonds is 3. The highest BCUT2D eigenvalue weighted by atomic mass is 35.5. The van der Waals surface area contributed by atoms with E-state index in [-0.39, 0.29) is 17.1 Å². The van der Waals surface area contributed by atoms with Crippen LogP contribution in [0.3, 0.4) is 0 Å². The van der Waals surface area contributed by atoms with Crippen LogP contribution in [0.25, 0.3) is 11.3 Å². The largest absolute Gasteiger partial charge is 0.451 e. The van der Waals surface area contributed by atoms with Crippen molar-refractivity contribution in [2.75, 3.05) is 0 Å². The Hall–Kier alpha value is -3.19. The fourth-order valence-electron chi connectivity index (χ4n) is 2.14. The first-order valence-electron chi connectivity index (χ1n) is 7.35. The summed E-state index contributed by atoms with van der Waals surface area (Å²) in [6.45, 7) is 0. The average molecular weight is 377 g/mol. The molecule has 5 nitrogen and oxygen atoms in total. The predicted octanol–water partition coefficient (Wildman–Crippen LogP) is 3.95. The van der Waals surface area contributed by atoms with Crippen molar-refractivity contribution in [1.29, 1.82) is 0 Å². The molecule has 0 aliphatic heterocycles. The number of halogens is 3. The number of furan rings is 1. The molecular formula is C18H11ClF2N2O3. The van der Waals surface area contributed by atoms with Crippen LogP contribution in [0.4, 0.5) is 8.78 Å². The zero-order valence-corrected chi connectivity index (χ0v) is 13.8. The number of hydrazine groups is 1. The van der Waals surface area contributed by atoms with Crippen molar-refractivity contribution in [3.63, 3.8) is 0 Å². The van der Waals surface area contributed by atoms with Gasteiger partial charge in [-0.2, -0.15) is 0 Å². The second kappa shape index (κ2) is 7.37. The maximum atomic E-state index is 13.7. The van der Waals surface area contributed by atoms with Crippen molar-refractivity contribution in [2.24, 2.45) is 0 Å². The van der Waals surface area contributed by atoms with E-state index in [0.717, 1.165) is 6.07 Å². The standard InChI is InChI=1S/C18H11ClF2N2O3/c19-11-3-1-10(2-4-11)17(24)22-23-18(25)16-8-7-15(26-16)13-6-5-12(20)9-14(13)21/h1-9H,(H,22,24)(H,23,25). The van der Waals surface area contributed by atoms with Crippen LogP contribution >= 0.6 is 11.6 Å². The Labute approximate surface area is 151 Å². The monoisotopic (exact) mass is 376 g/mol. The topological polar surface area (TPSA) is 71.3 Å². The van der Waals surface area contributed by atoms with Crippen molar-refractivity contribution in [2.45, 2.75) is 0 Å². The number of nitrogens with one attached hydrogen (secondary N) is 2. The van der Waals surface area contributed by atoms with Crippen LogP contribution < -0.4 is 10.9 Å². The molecule has 0 bridgehead atoms. The molecule has 26 heavy (non-hydrogen) atoms. The number of carbonyl (C=O) groups is 2. The minimum Gasteiger partial charge on any atom is -0.451 e. The van der Waals surface area contributed by atoms with Crippen LogP contribution in [0.5, 0.6) is 0 Å². The molecule has 1 aromatic heterocycles. The molecule has 0 spiro atoms. The summed E-state index contributed by atoms with van der Waals surface area (Å²) in [6.07, 6.45) is 0. The van der Waals surface area contributed by atoms with E-state index >= 15 is 0 Å². The zero-order valence-electron chi connectivity index (χ0n) is 13.1. The Bertz CT molecular complexity index is 971. The summed E-state index contributed by atoms with van der Waals surface area (Å²) >= 11 is 5.74. The number of benzene rings is 2. The lowest BCUT2D eigenvalue weighted by molar-refractivity contribution is 0.0831. The molecule has 3 aromatic rings. The molecule has 132 valence electrons. The summed E-state index contributed by atoms with van der Waals surface area (Å²) in [4.78, 5) is 23.9. The zero-order chi connectivity index (χ0) is 18.7. The quantitative estimate of drug-likeness (QED) is 0.680. The number of amides is 2. The van der Waals surface area contributed by atoms with Crippen LogP contribution in [0.15, 0.2) is 59.0 Å². The smallest absolute Gasteiger partial charge is 0.305 e. The summed E-state index contributed by atoms with van der Waals surface area (Å²) in [7, 11) is 0. The first-order valence-corrected chi connectivity index (χ1v) is 7.73. The number of hydrogen-bond acceptors (Lipinski definition) is 3. The van der Waals surface area contributed by atoms with Crippen molar-refractivity contribution in [3.8, 4) is 11.3 Å². The molecule has 0 saturated heterocycles. The Kier molecular flexibility index (Phi) is 4.99. The highest BCUT2D eigenvalue weighted by Crippen LogP contribution is 2.25. The predicted molar refractivity (Wildman–Crippen MR) is 90.4 cm³/mol. The fourth-order valence-corrected chi connectivity index (χ4v) is 2.27. The van der Waals surface area contributed by atoms with Gasteiger partial charge >= 0.3 is 5.91 Å². The van der Waals surface area contributed by atoms with Gasteiger partial charge in [-0.15, -0.1) is 0 Å². The van der Waals surface area contributed by atoms with Gasteiger partial charge in [0.1, 0.15) is 17.4 Å². The van der Waals surface area contributed by atoms with E-state index in [9.17, 15) is 18.4 Å². The molecule has 0 atom stereocenters. The van der Waals surface area contributed by atoms with Crippen molar-refractivity contribution in [3.05, 3.63) is 82.6 Å². The van der Waals surface area contributed by atoms with Crippen molar-refractivity contribution >= 4 is 23.4 Å². The van der Waals surface area contributed by atoms with Gasteiger partial charge in [0.2, 0.25) is 0 Å². The highest BCUT2D eigenvalue weighted by Gasteiger charge is 2.16. The summed E-state index contributed by atoms with van der Waals surface area (Å²) in [5.41, 5.74) is 4.71. The van der Waals surface area contributed by atoms with Gasteiger partial charge in [-0.25, -0.2) is 8.78 Å². The van der Waals surface area contributed by atoms with Gasteiger partial charge in [-0.3, -0.25) is 20.4 Å². The third-order valence-corrected chi connectivity index (χ3v) is 3.67. The number of carbonyl (C=O) groups excluding carboxylic acids is 2. The van der Waals surface area contributed by atoms with E-state index in [2.05, 4.69) is 10.9 Å². The third-order valence-electron chi connectivity index (χ3n) is 3.42. The van der Waals surface area contributed by atoms with Crippen LogP contribution in [0, 0.1) is 11.6 Å². The molecule has 0 fully saturated rings. The van der Waals surface area contributed by atoms with Crippen LogP contribution in [0.2, 0.25) is 5.02 Å². The van der Waals surface area contributed by atoms with Crippen LogP contribution in [0.1, 0.15) is 20.9 Å². The van der Waals surface area contributed by atoms with E-state index in [1.165, 1.54) is 42.5 Å². The Morgan fingerprint density at radius 3 is 2.27 bits per heavy atom. The van der Waals surface area contributed by atoms with E-state index in [1.54, 1.807) is 0 Å². The first kappa shape index (κ1) is 17.6. The second-order valence-corrected chi connectivity index (χ2v) is 5.64. The van der Waals surface area contributed by atoms with E-state index < -0.39 is 23.4 Å². The van der Waals surface area contributed by atoms with E-state index in [4.69, 9.17) is 16.0 Å². The molecule has 2 N–H and O–H groups in total. The molecule has 2 amide bonds. The summed E-state index contributed by atoms with van der Waals surface area (Å²) < 4.78 is 32.0. The molecule has 1 heterocycles. The first-order chi connectivity index (χ1) is 12.4. The second-order valence-electron chi connectivity index (χ2n) is 5.20. The van der Waals surface area contributed by atoms with Crippen molar-refractivity contribution in [1.82, 2.24) is 10.9 Å². The van der Waals surface area contributed by atoms with Crippen LogP contribution in [-0.2, 0) is 0 Å². The Morgan fingerprint density at radius 1 is 0.885 bits per heavy atom. The molecule has 0 unspecified atom stereocenters. The summed E-state index contributed by atoms with van der Waals surface area (Å²) in [6, 6.07) is 11.7. The maximum Gasteiger partial charge on any atom is 0.305 e. The normalized spacial score (nSPS) is 10.4. The molecule has 0 aliphatic carbocycles. The van der Waals surface area contributed by atoms with Gasteiger partial charge < -0.3 is 4.42 Å². The molecule has 0 saturated carbocycles. The highest BCUT2D eigenvalue weighted by molar-refractivity contribution is 6.30. The van der Waals surface area contributed by atoms with Crippen molar-refractivity contribution < 1.29 is 22.8 Å². The van der Waals surface area contributed by atoms with Gasteiger partial charge in [0, 0.05) is 16.7 Å². The molecule has 3 rings (SSSR count). The SMILES string of the molecule is O=C(NNC(=O)c1ccc(-c2ccc(F)cc2F)o1)c1ccc(Cl)cc1. The summed E-state index contributed by atoms with van der Waals surface area (Å²) in [5, 5.41) is 0.474. The maximum absolute atomic E-state index is 13.7. The molecule has 8 heteroatoms. The molecule has 0 aliphatic rings. The fraction of sp³-hybridized carbons (Fsp3) is 0. The number of hydrogen-bond donors (Lipinski definition) is 2.